The van der Waals surface area contributed by atoms with Crippen LogP contribution in [0.2, 0.25) is 0 Å². The summed E-state index contributed by atoms with van der Waals surface area (Å²) < 4.78 is 21.0. The standard InChI is InChI=1S/C44H55N7O8/c1-25(2)36(48-43(54)57-5)41(52)51-20-8-7-10-35(51)40-45-22-33(46-40)29-16-12-27(13-17-29)28-14-18-30(19-15-28)38-31-23-59-24-32(31)39(47-38)34-11-9-21-50(34)42(53)37(26(3)56-4)49-44(55)58-6/h12-19,22,25-26,34-37,47H,7-11,20-21,23-24H2,1-6H3,(H,45,46)(H,48,54)(H,49,55)/t26-,34+,35+,36+,37+/m1/s1. The van der Waals surface area contributed by atoms with E-state index in [-0.39, 0.29) is 29.8 Å². The first-order valence-electron chi connectivity index (χ1n) is 20.4. The Morgan fingerprint density at radius 3 is 1.92 bits per heavy atom. The van der Waals surface area contributed by atoms with Gasteiger partial charge in [-0.05, 0) is 67.2 Å². The number of piperidine rings is 1. The normalized spacial score (nSPS) is 19.2. The summed E-state index contributed by atoms with van der Waals surface area (Å²) in [6.07, 6.45) is 4.21. The second kappa shape index (κ2) is 18.1. The first kappa shape index (κ1) is 41.5. The molecule has 3 aliphatic heterocycles. The van der Waals surface area contributed by atoms with E-state index < -0.39 is 30.4 Å². The van der Waals surface area contributed by atoms with Crippen molar-refractivity contribution in [2.24, 2.45) is 5.92 Å². The van der Waals surface area contributed by atoms with Crippen LogP contribution in [0.1, 0.15) is 87.6 Å². The molecule has 4 aromatic rings. The van der Waals surface area contributed by atoms with Gasteiger partial charge < -0.3 is 49.3 Å². The van der Waals surface area contributed by atoms with Crippen molar-refractivity contribution < 1.29 is 38.1 Å². The molecule has 2 fully saturated rings. The Morgan fingerprint density at radius 1 is 0.712 bits per heavy atom. The monoisotopic (exact) mass is 809 g/mol. The van der Waals surface area contributed by atoms with Gasteiger partial charge in [0.1, 0.15) is 17.9 Å². The Balaban J connectivity index is 1.06. The zero-order valence-corrected chi connectivity index (χ0v) is 34.6. The number of benzene rings is 2. The van der Waals surface area contributed by atoms with Crippen LogP contribution in [0.5, 0.6) is 0 Å². The zero-order chi connectivity index (χ0) is 41.8. The Hall–Kier alpha value is -5.67. The number of H-pyrrole nitrogens is 2. The molecule has 15 nitrogen and oxygen atoms in total. The van der Waals surface area contributed by atoms with E-state index in [4.69, 9.17) is 23.9 Å². The summed E-state index contributed by atoms with van der Waals surface area (Å²) in [4.78, 5) is 67.4. The molecule has 4 amide bonds. The highest BCUT2D eigenvalue weighted by molar-refractivity contribution is 5.87. The molecule has 0 unspecified atom stereocenters. The molecule has 3 aliphatic rings. The number of fused-ring (bicyclic) bond motifs is 1. The first-order valence-corrected chi connectivity index (χ1v) is 20.4. The first-order chi connectivity index (χ1) is 28.5. The molecular formula is C44H55N7O8. The third-order valence-electron chi connectivity index (χ3n) is 12.0. The molecule has 4 N–H and O–H groups in total. The lowest BCUT2D eigenvalue weighted by molar-refractivity contribution is -0.139. The molecule has 2 aromatic heterocycles. The Labute approximate surface area is 344 Å². The van der Waals surface area contributed by atoms with Crippen molar-refractivity contribution >= 4 is 24.0 Å². The number of amides is 4. The average Bonchev–Trinajstić information content (AvgIpc) is 4.10. The van der Waals surface area contributed by atoms with E-state index in [9.17, 15) is 19.2 Å². The minimum absolute atomic E-state index is 0.112. The summed E-state index contributed by atoms with van der Waals surface area (Å²) in [6.45, 7) is 7.67. The van der Waals surface area contributed by atoms with Gasteiger partial charge in [-0.15, -0.1) is 0 Å². The number of ether oxygens (including phenoxy) is 4. The predicted octanol–water partition coefficient (Wildman–Crippen LogP) is 6.63. The van der Waals surface area contributed by atoms with Crippen LogP contribution in [-0.2, 0) is 41.8 Å². The van der Waals surface area contributed by atoms with Crippen molar-refractivity contribution in [1.29, 1.82) is 0 Å². The van der Waals surface area contributed by atoms with Crippen LogP contribution in [0.4, 0.5) is 9.59 Å². The summed E-state index contributed by atoms with van der Waals surface area (Å²) in [7, 11) is 4.08. The average molecular weight is 810 g/mol. The number of carbonyl (C=O) groups is 4. The Kier molecular flexibility index (Phi) is 12.7. The molecule has 314 valence electrons. The van der Waals surface area contributed by atoms with Crippen LogP contribution in [0.25, 0.3) is 33.6 Å². The van der Waals surface area contributed by atoms with Gasteiger partial charge in [-0.1, -0.05) is 62.4 Å². The van der Waals surface area contributed by atoms with Gasteiger partial charge in [-0.2, -0.15) is 0 Å². The second-order valence-corrected chi connectivity index (χ2v) is 15.8. The number of hydrogen-bond donors (Lipinski definition) is 4. The summed E-state index contributed by atoms with van der Waals surface area (Å²) >= 11 is 0. The molecule has 5 heterocycles. The maximum Gasteiger partial charge on any atom is 0.407 e. The van der Waals surface area contributed by atoms with E-state index in [1.54, 1.807) is 6.92 Å². The summed E-state index contributed by atoms with van der Waals surface area (Å²) in [5.74, 6) is 0.264. The van der Waals surface area contributed by atoms with Crippen LogP contribution in [0.15, 0.2) is 54.7 Å². The minimum atomic E-state index is -0.892. The number of likely N-dealkylation sites (tertiary alicyclic amines) is 2. The smallest absolute Gasteiger partial charge is 0.407 e. The minimum Gasteiger partial charge on any atom is -0.453 e. The van der Waals surface area contributed by atoms with E-state index in [2.05, 4.69) is 69.1 Å². The van der Waals surface area contributed by atoms with Crippen molar-refractivity contribution in [2.45, 2.75) is 96.4 Å². The molecule has 0 spiro atoms. The zero-order valence-electron chi connectivity index (χ0n) is 34.6. The van der Waals surface area contributed by atoms with Gasteiger partial charge in [0, 0.05) is 37.0 Å². The maximum atomic E-state index is 13.9. The number of hydrogen-bond acceptors (Lipinski definition) is 9. The number of carbonyl (C=O) groups excluding carboxylic acids is 4. The number of nitrogens with zero attached hydrogens (tertiary/aromatic N) is 3. The Bertz CT molecular complexity index is 2130. The Morgan fingerprint density at radius 2 is 1.27 bits per heavy atom. The second-order valence-electron chi connectivity index (χ2n) is 15.8. The number of alkyl carbamates (subject to hydrolysis) is 2. The number of rotatable bonds is 12. The lowest BCUT2D eigenvalue weighted by Crippen LogP contribution is -2.54. The molecule has 2 saturated heterocycles. The van der Waals surface area contributed by atoms with Gasteiger partial charge in [0.05, 0.1) is 63.2 Å². The van der Waals surface area contributed by atoms with Gasteiger partial charge in [0.2, 0.25) is 11.8 Å². The molecule has 0 radical (unpaired) electrons. The largest absolute Gasteiger partial charge is 0.453 e. The van der Waals surface area contributed by atoms with Crippen LogP contribution in [0.3, 0.4) is 0 Å². The van der Waals surface area contributed by atoms with Gasteiger partial charge in [0.25, 0.3) is 0 Å². The van der Waals surface area contributed by atoms with Crippen LogP contribution in [-0.4, -0.2) is 101 Å². The van der Waals surface area contributed by atoms with E-state index in [0.717, 1.165) is 88.4 Å². The fourth-order valence-corrected chi connectivity index (χ4v) is 8.60. The number of methoxy groups -OCH3 is 3. The number of aromatic amines is 2. The van der Waals surface area contributed by atoms with Crippen LogP contribution in [0, 0.1) is 5.92 Å². The number of aromatic nitrogens is 3. The molecule has 0 saturated carbocycles. The summed E-state index contributed by atoms with van der Waals surface area (Å²) in [5.41, 5.74) is 9.11. The molecule has 59 heavy (non-hydrogen) atoms. The molecule has 0 aliphatic carbocycles. The highest BCUT2D eigenvalue weighted by atomic mass is 16.5. The van der Waals surface area contributed by atoms with Crippen molar-refractivity contribution in [3.8, 4) is 33.6 Å². The molecule has 0 bridgehead atoms. The third kappa shape index (κ3) is 8.58. The molecule has 5 atom stereocenters. The molecule has 7 rings (SSSR count). The van der Waals surface area contributed by atoms with Gasteiger partial charge in [-0.3, -0.25) is 9.59 Å². The summed E-state index contributed by atoms with van der Waals surface area (Å²) in [6, 6.07) is 14.7. The number of nitrogens with one attached hydrogen (secondary N) is 4. The van der Waals surface area contributed by atoms with Crippen molar-refractivity contribution in [1.82, 2.24) is 35.4 Å². The number of imidazole rings is 1. The lowest BCUT2D eigenvalue weighted by Gasteiger charge is -2.37. The predicted molar refractivity (Wildman–Crippen MR) is 220 cm³/mol. The maximum absolute atomic E-state index is 13.9. The topological polar surface area (TPSA) is 180 Å². The van der Waals surface area contributed by atoms with Crippen LogP contribution < -0.4 is 10.6 Å². The van der Waals surface area contributed by atoms with E-state index >= 15 is 0 Å². The highest BCUT2D eigenvalue weighted by Crippen LogP contribution is 2.42. The lowest BCUT2D eigenvalue weighted by atomic mass is 9.97. The molecule has 2 aromatic carbocycles. The fraction of sp³-hybridized carbons (Fsp3) is 0.477. The SMILES string of the molecule is COC(=O)N[C@H](C(=O)N1CCCC[C@H]1c1ncc(-c2ccc(-c3ccc(-c4[nH]c([C@@H]5CCCN5C(=O)[C@@H](NC(=O)OC)[C@@H](C)OC)c5c4COC5)cc3)cc2)[nH]1)C(C)C. The van der Waals surface area contributed by atoms with Crippen molar-refractivity contribution in [3.05, 3.63) is 77.4 Å². The summed E-state index contributed by atoms with van der Waals surface area (Å²) in [5, 5.41) is 5.39. The van der Waals surface area contributed by atoms with Crippen LogP contribution >= 0.6 is 0 Å². The highest BCUT2D eigenvalue weighted by Gasteiger charge is 2.41. The van der Waals surface area contributed by atoms with Gasteiger partial charge in [0.15, 0.2) is 0 Å². The molecular weight excluding hydrogens is 755 g/mol. The van der Waals surface area contributed by atoms with Crippen molar-refractivity contribution in [3.63, 3.8) is 0 Å². The van der Waals surface area contributed by atoms with E-state index in [1.807, 2.05) is 29.8 Å². The third-order valence-corrected chi connectivity index (χ3v) is 12.0. The van der Waals surface area contributed by atoms with Gasteiger partial charge >= 0.3 is 12.2 Å². The van der Waals surface area contributed by atoms with Gasteiger partial charge in [-0.25, -0.2) is 14.6 Å². The fourth-order valence-electron chi connectivity index (χ4n) is 8.60. The van der Waals surface area contributed by atoms with Crippen molar-refractivity contribution in [2.75, 3.05) is 34.4 Å². The van der Waals surface area contributed by atoms with E-state index in [1.165, 1.54) is 21.3 Å². The van der Waals surface area contributed by atoms with E-state index in [0.29, 0.717) is 26.3 Å². The quantitative estimate of drug-likeness (QED) is 0.122. The molecule has 15 heteroatoms.